The number of halogens is 3. The van der Waals surface area contributed by atoms with Crippen molar-refractivity contribution >= 4 is 0 Å². The molecular weight excluding hydrogens is 221 g/mol. The zero-order chi connectivity index (χ0) is 12.3. The van der Waals surface area contributed by atoms with Gasteiger partial charge < -0.3 is 5.11 Å². The standard InChI is InChI=1S/C10H13F3N2O/c1-6-8(7(2)16)5-14-9(15-6)3-4-10(11,12)13/h5,7,16H,3-4H2,1-2H3/t7-/m1/s1. The minimum atomic E-state index is -4.19. The van der Waals surface area contributed by atoms with Crippen molar-refractivity contribution in [2.24, 2.45) is 0 Å². The molecule has 0 saturated heterocycles. The molecule has 0 fully saturated rings. The van der Waals surface area contributed by atoms with Gasteiger partial charge in [-0.05, 0) is 13.8 Å². The number of aromatic nitrogens is 2. The highest BCUT2D eigenvalue weighted by Gasteiger charge is 2.27. The Bertz CT molecular complexity index is 364. The van der Waals surface area contributed by atoms with E-state index in [2.05, 4.69) is 9.97 Å². The molecule has 1 N–H and O–H groups in total. The molecule has 0 aliphatic rings. The van der Waals surface area contributed by atoms with E-state index in [4.69, 9.17) is 0 Å². The van der Waals surface area contributed by atoms with Crippen LogP contribution in [0.1, 0.15) is 36.5 Å². The highest BCUT2D eigenvalue weighted by atomic mass is 19.4. The molecule has 0 aliphatic heterocycles. The fourth-order valence-corrected chi connectivity index (χ4v) is 1.31. The number of nitrogens with zero attached hydrogens (tertiary/aromatic N) is 2. The Labute approximate surface area is 91.4 Å². The molecule has 1 heterocycles. The Morgan fingerprint density at radius 2 is 2.06 bits per heavy atom. The monoisotopic (exact) mass is 234 g/mol. The van der Waals surface area contributed by atoms with E-state index in [9.17, 15) is 18.3 Å². The van der Waals surface area contributed by atoms with Gasteiger partial charge in [-0.1, -0.05) is 0 Å². The summed E-state index contributed by atoms with van der Waals surface area (Å²) in [6.07, 6.45) is -4.69. The summed E-state index contributed by atoms with van der Waals surface area (Å²) in [6.45, 7) is 3.20. The number of hydrogen-bond acceptors (Lipinski definition) is 3. The van der Waals surface area contributed by atoms with Crippen LogP contribution in [0.2, 0.25) is 0 Å². The quantitative estimate of drug-likeness (QED) is 0.873. The lowest BCUT2D eigenvalue weighted by Gasteiger charge is -2.09. The molecule has 1 aromatic heterocycles. The summed E-state index contributed by atoms with van der Waals surface area (Å²) in [7, 11) is 0. The van der Waals surface area contributed by atoms with Gasteiger partial charge in [0.15, 0.2) is 0 Å². The van der Waals surface area contributed by atoms with Crippen LogP contribution >= 0.6 is 0 Å². The maximum absolute atomic E-state index is 12.0. The van der Waals surface area contributed by atoms with Gasteiger partial charge in [-0.3, -0.25) is 0 Å². The van der Waals surface area contributed by atoms with Crippen molar-refractivity contribution in [3.8, 4) is 0 Å². The van der Waals surface area contributed by atoms with E-state index < -0.39 is 18.7 Å². The Hall–Kier alpha value is -1.17. The molecule has 0 aliphatic carbocycles. The van der Waals surface area contributed by atoms with Gasteiger partial charge in [0, 0.05) is 23.9 Å². The van der Waals surface area contributed by atoms with E-state index in [1.807, 2.05) is 0 Å². The van der Waals surface area contributed by atoms with Gasteiger partial charge in [-0.2, -0.15) is 13.2 Å². The summed E-state index contributed by atoms with van der Waals surface area (Å²) >= 11 is 0. The topological polar surface area (TPSA) is 46.0 Å². The van der Waals surface area contributed by atoms with E-state index in [0.717, 1.165) is 0 Å². The zero-order valence-electron chi connectivity index (χ0n) is 9.04. The SMILES string of the molecule is Cc1nc(CCC(F)(F)F)ncc1[C@@H](C)O. The van der Waals surface area contributed by atoms with Crippen LogP contribution in [0.25, 0.3) is 0 Å². The van der Waals surface area contributed by atoms with Gasteiger partial charge in [0.05, 0.1) is 12.5 Å². The molecule has 16 heavy (non-hydrogen) atoms. The van der Waals surface area contributed by atoms with E-state index in [1.54, 1.807) is 13.8 Å². The van der Waals surface area contributed by atoms with E-state index in [1.165, 1.54) is 6.20 Å². The van der Waals surface area contributed by atoms with Crippen molar-refractivity contribution < 1.29 is 18.3 Å². The zero-order valence-corrected chi connectivity index (χ0v) is 9.04. The van der Waals surface area contributed by atoms with Gasteiger partial charge in [-0.15, -0.1) is 0 Å². The molecule has 6 heteroatoms. The molecule has 1 aromatic rings. The van der Waals surface area contributed by atoms with E-state index >= 15 is 0 Å². The molecule has 0 radical (unpaired) electrons. The molecule has 0 amide bonds. The number of rotatable bonds is 3. The van der Waals surface area contributed by atoms with Crippen molar-refractivity contribution in [2.75, 3.05) is 0 Å². The van der Waals surface area contributed by atoms with Crippen LogP contribution in [-0.2, 0) is 6.42 Å². The molecule has 90 valence electrons. The van der Waals surface area contributed by atoms with Crippen molar-refractivity contribution in [2.45, 2.75) is 39.0 Å². The molecule has 0 spiro atoms. The van der Waals surface area contributed by atoms with Gasteiger partial charge in [0.25, 0.3) is 0 Å². The summed E-state index contributed by atoms with van der Waals surface area (Å²) < 4.78 is 35.9. The van der Waals surface area contributed by atoms with E-state index in [0.29, 0.717) is 11.3 Å². The van der Waals surface area contributed by atoms with Crippen molar-refractivity contribution in [3.05, 3.63) is 23.3 Å². The third-order valence-corrected chi connectivity index (χ3v) is 2.15. The fraction of sp³-hybridized carbons (Fsp3) is 0.600. The predicted molar refractivity (Wildman–Crippen MR) is 51.8 cm³/mol. The summed E-state index contributed by atoms with van der Waals surface area (Å²) in [4.78, 5) is 7.72. The number of alkyl halides is 3. The normalized spacial score (nSPS) is 13.9. The first-order chi connectivity index (χ1) is 7.29. The number of aryl methyl sites for hydroxylation is 2. The lowest BCUT2D eigenvalue weighted by Crippen LogP contribution is -2.11. The second-order valence-corrected chi connectivity index (χ2v) is 3.62. The van der Waals surface area contributed by atoms with Crippen LogP contribution in [0.4, 0.5) is 13.2 Å². The largest absolute Gasteiger partial charge is 0.389 e. The Morgan fingerprint density at radius 3 is 2.50 bits per heavy atom. The highest BCUT2D eigenvalue weighted by molar-refractivity contribution is 5.18. The van der Waals surface area contributed by atoms with Crippen LogP contribution in [0, 0.1) is 6.92 Å². The molecule has 1 rings (SSSR count). The van der Waals surface area contributed by atoms with Crippen molar-refractivity contribution in [1.29, 1.82) is 0 Å². The van der Waals surface area contributed by atoms with Crippen molar-refractivity contribution in [3.63, 3.8) is 0 Å². The Balaban J connectivity index is 2.74. The lowest BCUT2D eigenvalue weighted by molar-refractivity contribution is -0.134. The molecule has 3 nitrogen and oxygen atoms in total. The van der Waals surface area contributed by atoms with Gasteiger partial charge in [0.1, 0.15) is 5.82 Å². The summed E-state index contributed by atoms with van der Waals surface area (Å²) in [5, 5.41) is 9.29. The smallest absolute Gasteiger partial charge is 0.389 e. The van der Waals surface area contributed by atoms with Crippen LogP contribution in [0.5, 0.6) is 0 Å². The second kappa shape index (κ2) is 4.78. The second-order valence-electron chi connectivity index (χ2n) is 3.62. The lowest BCUT2D eigenvalue weighted by atomic mass is 10.1. The maximum atomic E-state index is 12.0. The molecule has 0 unspecified atom stereocenters. The first-order valence-electron chi connectivity index (χ1n) is 4.87. The molecule has 0 saturated carbocycles. The number of aliphatic hydroxyl groups is 1. The predicted octanol–water partition coefficient (Wildman–Crippen LogP) is 2.33. The molecular formula is C10H13F3N2O. The summed E-state index contributed by atoms with van der Waals surface area (Å²) in [5.41, 5.74) is 1.05. The van der Waals surface area contributed by atoms with Crippen LogP contribution in [0.15, 0.2) is 6.20 Å². The molecule has 0 aromatic carbocycles. The summed E-state index contributed by atoms with van der Waals surface area (Å²) in [6, 6.07) is 0. The average Bonchev–Trinajstić information content (AvgIpc) is 2.13. The third-order valence-electron chi connectivity index (χ3n) is 2.15. The van der Waals surface area contributed by atoms with E-state index in [-0.39, 0.29) is 12.2 Å². The first kappa shape index (κ1) is 12.9. The van der Waals surface area contributed by atoms with Gasteiger partial charge in [0.2, 0.25) is 0 Å². The first-order valence-corrected chi connectivity index (χ1v) is 4.87. The average molecular weight is 234 g/mol. The number of hydrogen-bond donors (Lipinski definition) is 1. The third kappa shape index (κ3) is 3.77. The molecule has 0 bridgehead atoms. The maximum Gasteiger partial charge on any atom is 0.389 e. The Kier molecular flexibility index (Phi) is 3.85. The minimum absolute atomic E-state index is 0.152. The van der Waals surface area contributed by atoms with Crippen LogP contribution in [-0.4, -0.2) is 21.3 Å². The van der Waals surface area contributed by atoms with Gasteiger partial charge in [-0.25, -0.2) is 9.97 Å². The number of aliphatic hydroxyl groups excluding tert-OH is 1. The molecule has 1 atom stereocenters. The summed E-state index contributed by atoms with van der Waals surface area (Å²) in [5.74, 6) is 0.152. The highest BCUT2D eigenvalue weighted by Crippen LogP contribution is 2.21. The van der Waals surface area contributed by atoms with Crippen molar-refractivity contribution in [1.82, 2.24) is 9.97 Å². The minimum Gasteiger partial charge on any atom is -0.389 e. The Morgan fingerprint density at radius 1 is 1.44 bits per heavy atom. The fourth-order valence-electron chi connectivity index (χ4n) is 1.31. The van der Waals surface area contributed by atoms with Crippen LogP contribution < -0.4 is 0 Å². The van der Waals surface area contributed by atoms with Gasteiger partial charge >= 0.3 is 6.18 Å². The van der Waals surface area contributed by atoms with Crippen LogP contribution in [0.3, 0.4) is 0 Å².